The van der Waals surface area contributed by atoms with E-state index in [0.717, 1.165) is 6.20 Å². The van der Waals surface area contributed by atoms with Crippen LogP contribution in [0.25, 0.3) is 0 Å². The Balaban J connectivity index is 2.94. The number of aliphatic imine (C=N–C) groups is 1. The Labute approximate surface area is 63.0 Å². The van der Waals surface area contributed by atoms with Gasteiger partial charge in [-0.15, -0.1) is 0 Å². The van der Waals surface area contributed by atoms with Crippen molar-refractivity contribution >= 4 is 17.6 Å². The van der Waals surface area contributed by atoms with Crippen LogP contribution < -0.4 is 11.1 Å². The molecule has 5 nitrogen and oxygen atoms in total. The number of amides is 2. The molecule has 0 atom stereocenters. The second-order valence-electron chi connectivity index (χ2n) is 2.01. The zero-order valence-corrected chi connectivity index (χ0v) is 5.87. The summed E-state index contributed by atoms with van der Waals surface area (Å²) < 4.78 is 0. The van der Waals surface area contributed by atoms with Crippen LogP contribution in [-0.4, -0.2) is 17.6 Å². The van der Waals surface area contributed by atoms with Crippen molar-refractivity contribution in [2.24, 2.45) is 10.7 Å². The Morgan fingerprint density at radius 3 is 2.73 bits per heavy atom. The summed E-state index contributed by atoms with van der Waals surface area (Å²) >= 11 is 0. The Bertz CT molecular complexity index is 278. The largest absolute Gasteiger partial charge is 0.383 e. The fraction of sp³-hybridized carbons (Fsp3) is 0.167. The van der Waals surface area contributed by atoms with Gasteiger partial charge in [-0.1, -0.05) is 0 Å². The Kier molecular flexibility index (Phi) is 1.72. The molecule has 0 aliphatic carbocycles. The molecule has 57 valence electrons. The van der Waals surface area contributed by atoms with Gasteiger partial charge < -0.3 is 5.73 Å². The molecule has 0 fully saturated rings. The first kappa shape index (κ1) is 7.46. The van der Waals surface area contributed by atoms with Gasteiger partial charge >= 0.3 is 6.03 Å². The van der Waals surface area contributed by atoms with Crippen molar-refractivity contribution in [3.8, 4) is 0 Å². The molecule has 2 amide bonds. The maximum Gasteiger partial charge on any atom is 0.368 e. The minimum Gasteiger partial charge on any atom is -0.383 e. The minimum atomic E-state index is -0.674. The van der Waals surface area contributed by atoms with Crippen LogP contribution in [0.2, 0.25) is 0 Å². The molecule has 1 heterocycles. The smallest absolute Gasteiger partial charge is 0.368 e. The average molecular weight is 152 g/mol. The van der Waals surface area contributed by atoms with E-state index in [0.29, 0.717) is 0 Å². The third-order valence-corrected chi connectivity index (χ3v) is 1.18. The number of urea groups is 1. The molecule has 0 aromatic heterocycles. The highest BCUT2D eigenvalue weighted by Gasteiger charge is 2.15. The number of nitrogens with two attached hydrogens (primary N) is 1. The highest BCUT2D eigenvalue weighted by atomic mass is 16.2. The molecular formula is C6H6N3O2. The molecule has 1 rings (SSSR count). The third-order valence-electron chi connectivity index (χ3n) is 1.18. The van der Waals surface area contributed by atoms with E-state index in [1.807, 2.05) is 0 Å². The molecule has 0 saturated carbocycles. The van der Waals surface area contributed by atoms with Crippen LogP contribution in [-0.2, 0) is 4.79 Å². The number of hydrogen-bond acceptors (Lipinski definition) is 3. The molecule has 0 aromatic rings. The van der Waals surface area contributed by atoms with Gasteiger partial charge in [-0.25, -0.2) is 4.79 Å². The molecule has 0 spiro atoms. The monoisotopic (exact) mass is 152 g/mol. The predicted molar refractivity (Wildman–Crippen MR) is 37.9 cm³/mol. The van der Waals surface area contributed by atoms with E-state index in [2.05, 4.69) is 10.3 Å². The Morgan fingerprint density at radius 2 is 2.27 bits per heavy atom. The van der Waals surface area contributed by atoms with Gasteiger partial charge in [0.15, 0.2) is 5.78 Å². The molecule has 1 radical (unpaired) electrons. The second-order valence-corrected chi connectivity index (χ2v) is 2.01. The van der Waals surface area contributed by atoms with Gasteiger partial charge in [0, 0.05) is 6.20 Å². The SMILES string of the molecule is CC(=O)C1=C[N]C(=O)N=C1N. The van der Waals surface area contributed by atoms with Crippen LogP contribution in [0.15, 0.2) is 16.8 Å². The quantitative estimate of drug-likeness (QED) is 0.552. The average Bonchev–Trinajstić information content (AvgIpc) is 1.85. The van der Waals surface area contributed by atoms with E-state index in [1.54, 1.807) is 0 Å². The molecule has 1 aliphatic rings. The first-order chi connectivity index (χ1) is 5.11. The summed E-state index contributed by atoms with van der Waals surface area (Å²) in [5, 5.41) is 3.29. The number of Topliss-reactive ketones (excluding diaryl/α,β-unsaturated/α-hetero) is 1. The lowest BCUT2D eigenvalue weighted by atomic mass is 10.2. The number of carbonyl (C=O) groups is 2. The summed E-state index contributed by atoms with van der Waals surface area (Å²) in [7, 11) is 0. The van der Waals surface area contributed by atoms with Gasteiger partial charge in [0.1, 0.15) is 5.84 Å². The van der Waals surface area contributed by atoms with Gasteiger partial charge in [-0.05, 0) is 6.92 Å². The number of nitrogens with zero attached hydrogens (tertiary/aromatic N) is 2. The molecule has 11 heavy (non-hydrogen) atoms. The minimum absolute atomic E-state index is 0.0579. The molecular weight excluding hydrogens is 146 g/mol. The lowest BCUT2D eigenvalue weighted by Gasteiger charge is -2.05. The van der Waals surface area contributed by atoms with Gasteiger partial charge in [0.05, 0.1) is 5.57 Å². The van der Waals surface area contributed by atoms with E-state index in [4.69, 9.17) is 5.73 Å². The maximum atomic E-state index is 10.7. The predicted octanol–water partition coefficient (Wildman–Crippen LogP) is -0.445. The number of carbonyl (C=O) groups excluding carboxylic acids is 2. The maximum absolute atomic E-state index is 10.7. The van der Waals surface area contributed by atoms with E-state index < -0.39 is 6.03 Å². The zero-order chi connectivity index (χ0) is 8.43. The standard InChI is InChI=1S/C6H6N3O2/c1-3(10)4-2-8-6(11)9-5(4)7/h2H,1H3,(H2,7,9,11). The molecule has 0 aromatic carbocycles. The van der Waals surface area contributed by atoms with E-state index in [1.165, 1.54) is 6.92 Å². The second kappa shape index (κ2) is 2.53. The van der Waals surface area contributed by atoms with Crippen molar-refractivity contribution in [2.45, 2.75) is 6.92 Å². The summed E-state index contributed by atoms with van der Waals surface area (Å²) in [6.07, 6.45) is 1.13. The van der Waals surface area contributed by atoms with Gasteiger partial charge in [0.2, 0.25) is 0 Å². The van der Waals surface area contributed by atoms with E-state index >= 15 is 0 Å². The first-order valence-electron chi connectivity index (χ1n) is 2.91. The molecule has 1 aliphatic heterocycles. The fourth-order valence-electron chi connectivity index (χ4n) is 0.649. The van der Waals surface area contributed by atoms with Crippen molar-refractivity contribution in [3.05, 3.63) is 11.8 Å². The molecule has 0 bridgehead atoms. The highest BCUT2D eigenvalue weighted by molar-refractivity contribution is 6.23. The summed E-state index contributed by atoms with van der Waals surface area (Å²) in [5.41, 5.74) is 5.44. The van der Waals surface area contributed by atoms with E-state index in [-0.39, 0.29) is 17.2 Å². The number of hydrogen-bond donors (Lipinski definition) is 1. The van der Waals surface area contributed by atoms with Crippen LogP contribution in [0.4, 0.5) is 4.79 Å². The van der Waals surface area contributed by atoms with E-state index in [9.17, 15) is 9.59 Å². The van der Waals surface area contributed by atoms with Crippen LogP contribution in [0.1, 0.15) is 6.92 Å². The van der Waals surface area contributed by atoms with Crippen LogP contribution in [0, 0.1) is 0 Å². The van der Waals surface area contributed by atoms with Gasteiger partial charge in [-0.3, -0.25) is 4.79 Å². The van der Waals surface area contributed by atoms with Crippen molar-refractivity contribution in [1.29, 1.82) is 0 Å². The third kappa shape index (κ3) is 1.43. The van der Waals surface area contributed by atoms with Gasteiger partial charge in [-0.2, -0.15) is 10.3 Å². The topological polar surface area (TPSA) is 86.6 Å². The molecule has 2 N–H and O–H groups in total. The molecule has 0 saturated heterocycles. The lowest BCUT2D eigenvalue weighted by molar-refractivity contribution is -0.113. The van der Waals surface area contributed by atoms with Crippen LogP contribution >= 0.6 is 0 Å². The number of ketones is 1. The Morgan fingerprint density at radius 1 is 1.64 bits per heavy atom. The summed E-state index contributed by atoms with van der Waals surface area (Å²) in [5.74, 6) is -0.306. The number of amidine groups is 1. The molecule has 0 unspecified atom stereocenters. The zero-order valence-electron chi connectivity index (χ0n) is 5.87. The van der Waals surface area contributed by atoms with Crippen molar-refractivity contribution in [2.75, 3.05) is 0 Å². The van der Waals surface area contributed by atoms with Gasteiger partial charge in [0.25, 0.3) is 0 Å². The van der Waals surface area contributed by atoms with Crippen molar-refractivity contribution < 1.29 is 9.59 Å². The number of rotatable bonds is 1. The normalized spacial score (nSPS) is 16.6. The summed E-state index contributed by atoms with van der Waals surface area (Å²) in [6.45, 7) is 1.33. The van der Waals surface area contributed by atoms with Crippen molar-refractivity contribution in [3.63, 3.8) is 0 Å². The van der Waals surface area contributed by atoms with Crippen molar-refractivity contribution in [1.82, 2.24) is 5.32 Å². The summed E-state index contributed by atoms with van der Waals surface area (Å²) in [6, 6.07) is -0.674. The highest BCUT2D eigenvalue weighted by Crippen LogP contribution is 2.01. The fourth-order valence-corrected chi connectivity index (χ4v) is 0.649. The Hall–Kier alpha value is -1.65. The van der Waals surface area contributed by atoms with Crippen LogP contribution in [0.5, 0.6) is 0 Å². The molecule has 5 heteroatoms. The summed E-state index contributed by atoms with van der Waals surface area (Å²) in [4.78, 5) is 24.5. The first-order valence-corrected chi connectivity index (χ1v) is 2.91. The van der Waals surface area contributed by atoms with Crippen LogP contribution in [0.3, 0.4) is 0 Å². The lowest BCUT2D eigenvalue weighted by Crippen LogP contribution is -2.27.